The van der Waals surface area contributed by atoms with E-state index in [1.807, 2.05) is 0 Å². The quantitative estimate of drug-likeness (QED) is 0.775. The summed E-state index contributed by atoms with van der Waals surface area (Å²) in [5, 5.41) is 0. The predicted octanol–water partition coefficient (Wildman–Crippen LogP) is 2.05. The summed E-state index contributed by atoms with van der Waals surface area (Å²) in [5.74, 6) is 0. The molecule has 23 heavy (non-hydrogen) atoms. The van der Waals surface area contributed by atoms with Crippen molar-refractivity contribution < 1.29 is 28.5 Å². The minimum absolute atomic E-state index is 0.0515. The first-order valence-electron chi connectivity index (χ1n) is 14.2. The minimum Gasteiger partial charge on any atom is -0.399 e. The van der Waals surface area contributed by atoms with Gasteiger partial charge >= 0.3 is 7.12 Å². The third-order valence-corrected chi connectivity index (χ3v) is 4.35. The third kappa shape index (κ3) is 3.15. The van der Waals surface area contributed by atoms with Crippen molar-refractivity contribution in [3.63, 3.8) is 0 Å². The van der Waals surface area contributed by atoms with E-state index in [-0.39, 0.29) is 10.4 Å². The Morgan fingerprint density at radius 1 is 1.09 bits per heavy atom. The van der Waals surface area contributed by atoms with Crippen LogP contribution in [0.1, 0.15) is 52.4 Å². The van der Waals surface area contributed by atoms with E-state index in [0.29, 0.717) is 0 Å². The molecule has 0 unspecified atom stereocenters. The number of likely N-dealkylation sites (N-methyl/N-ethyl adjacent to an activating group) is 1. The summed E-state index contributed by atoms with van der Waals surface area (Å²) in [5.41, 5.74) is -2.52. The van der Waals surface area contributed by atoms with Gasteiger partial charge in [-0.1, -0.05) is 6.07 Å². The van der Waals surface area contributed by atoms with E-state index >= 15 is 0 Å². The van der Waals surface area contributed by atoms with Crippen molar-refractivity contribution in [3.05, 3.63) is 23.8 Å². The zero-order chi connectivity index (χ0) is 29.0. The highest BCUT2D eigenvalue weighted by Gasteiger charge is 2.52. The maximum Gasteiger partial charge on any atom is 0.495 e. The minimum atomic E-state index is -3.59. The maximum absolute atomic E-state index is 8.45. The van der Waals surface area contributed by atoms with Crippen LogP contribution >= 0.6 is 0 Å². The number of nitrogens with zero attached hydrogens (tertiary/aromatic N) is 2. The summed E-state index contributed by atoms with van der Waals surface area (Å²) < 4.78 is 126. The van der Waals surface area contributed by atoms with Gasteiger partial charge in [-0.2, -0.15) is 0 Å². The monoisotopic (exact) mass is 330 g/mol. The first-order valence-corrected chi connectivity index (χ1v) is 7.25. The van der Waals surface area contributed by atoms with Crippen LogP contribution in [0.15, 0.2) is 18.2 Å². The Morgan fingerprint density at radius 2 is 1.74 bits per heavy atom. The molecule has 5 heteroatoms. The van der Waals surface area contributed by atoms with Crippen molar-refractivity contribution in [3.8, 4) is 0 Å². The topological polar surface area (TPSA) is 24.9 Å². The lowest BCUT2D eigenvalue weighted by molar-refractivity contribution is 0.00578. The van der Waals surface area contributed by atoms with Crippen LogP contribution < -0.4 is 10.4 Å². The van der Waals surface area contributed by atoms with E-state index in [1.54, 1.807) is 27.7 Å². The van der Waals surface area contributed by atoms with Gasteiger partial charge in [0.1, 0.15) is 0 Å². The van der Waals surface area contributed by atoms with Gasteiger partial charge in [-0.05, 0) is 64.7 Å². The zero-order valence-corrected chi connectivity index (χ0v) is 13.5. The van der Waals surface area contributed by atoms with Gasteiger partial charge in [0.25, 0.3) is 0 Å². The Hall–Kier alpha value is -1.04. The second-order valence-corrected chi connectivity index (χ2v) is 6.48. The number of hydrogen-bond donors (Lipinski definition) is 0. The highest BCUT2D eigenvalue weighted by atomic mass is 16.7. The molecule has 0 amide bonds. The van der Waals surface area contributed by atoms with Gasteiger partial charge in [-0.3, -0.25) is 0 Å². The second-order valence-electron chi connectivity index (χ2n) is 6.48. The van der Waals surface area contributed by atoms with Crippen molar-refractivity contribution in [2.24, 2.45) is 0 Å². The predicted molar refractivity (Wildman–Crippen MR) is 96.6 cm³/mol. The smallest absolute Gasteiger partial charge is 0.399 e. The van der Waals surface area contributed by atoms with E-state index in [1.165, 1.54) is 6.07 Å². The van der Waals surface area contributed by atoms with Gasteiger partial charge in [-0.25, -0.2) is 0 Å². The van der Waals surface area contributed by atoms with Crippen molar-refractivity contribution in [1.82, 2.24) is 4.90 Å². The molecule has 0 atom stereocenters. The molecule has 0 spiro atoms. The van der Waals surface area contributed by atoms with Crippen molar-refractivity contribution in [2.45, 2.75) is 45.7 Å². The molecule has 0 radical (unpaired) electrons. The summed E-state index contributed by atoms with van der Waals surface area (Å²) in [6.45, 7) is -13.5. The summed E-state index contributed by atoms with van der Waals surface area (Å²) in [6, 6.07) is 3.22. The molecule has 0 aliphatic carbocycles. The fourth-order valence-corrected chi connectivity index (χ4v) is 2.24. The molecule has 0 saturated carbocycles. The van der Waals surface area contributed by atoms with Gasteiger partial charge in [-0.15, -0.1) is 0 Å². The van der Waals surface area contributed by atoms with E-state index in [0.717, 1.165) is 12.1 Å². The van der Waals surface area contributed by atoms with Crippen LogP contribution in [0.5, 0.6) is 0 Å². The maximum atomic E-state index is 8.45. The summed E-state index contributed by atoms with van der Waals surface area (Å²) in [6.07, 6.45) is 0. The molecule has 0 bridgehead atoms. The third-order valence-electron chi connectivity index (χ3n) is 4.35. The average Bonchev–Trinajstić information content (AvgIpc) is 2.85. The highest BCUT2D eigenvalue weighted by Crippen LogP contribution is 2.36. The van der Waals surface area contributed by atoms with Crippen LogP contribution in [0.4, 0.5) is 5.69 Å². The summed E-state index contributed by atoms with van der Waals surface area (Å²) in [7, 11) is -1.15. The molecule has 126 valence electrons. The second kappa shape index (κ2) is 5.80. The van der Waals surface area contributed by atoms with Gasteiger partial charge in [0.05, 0.1) is 16.7 Å². The molecule has 1 aromatic rings. The number of rotatable bonds is 2. The number of anilines is 1. The molecule has 0 N–H and O–H groups in total. The fourth-order valence-electron chi connectivity index (χ4n) is 2.24. The molecule has 4 nitrogen and oxygen atoms in total. The van der Waals surface area contributed by atoms with Gasteiger partial charge < -0.3 is 19.1 Å². The van der Waals surface area contributed by atoms with E-state index in [4.69, 9.17) is 28.5 Å². The largest absolute Gasteiger partial charge is 0.495 e. The van der Waals surface area contributed by atoms with Crippen LogP contribution in [0, 0.1) is 6.85 Å². The van der Waals surface area contributed by atoms with E-state index in [2.05, 4.69) is 0 Å². The molecule has 2 aliphatic rings. The van der Waals surface area contributed by atoms with Gasteiger partial charge in [0, 0.05) is 45.4 Å². The number of piperazine rings is 1. The van der Waals surface area contributed by atoms with Crippen LogP contribution in [-0.4, -0.2) is 56.2 Å². The fraction of sp³-hybridized carbons (Fsp3) is 0.667. The Labute approximate surface area is 160 Å². The Morgan fingerprint density at radius 3 is 2.30 bits per heavy atom. The number of aryl methyl sites for hydroxylation is 1. The Balaban J connectivity index is 2.25. The summed E-state index contributed by atoms with van der Waals surface area (Å²) >= 11 is 0. The van der Waals surface area contributed by atoms with Gasteiger partial charge in [0.2, 0.25) is 0 Å². The molecule has 2 heterocycles. The van der Waals surface area contributed by atoms with E-state index < -0.39 is 74.3 Å². The molecular formula is C18H29BN2O2. The van der Waals surface area contributed by atoms with Crippen LogP contribution in [0.25, 0.3) is 0 Å². The van der Waals surface area contributed by atoms with Crippen LogP contribution in [-0.2, 0) is 9.31 Å². The summed E-state index contributed by atoms with van der Waals surface area (Å²) in [4.78, 5) is -0.321. The molecule has 1 aromatic carbocycles. The molecular weight excluding hydrogens is 287 g/mol. The normalized spacial score (nSPS) is 43.1. The van der Waals surface area contributed by atoms with Crippen LogP contribution in [0.3, 0.4) is 0 Å². The van der Waals surface area contributed by atoms with E-state index in [9.17, 15) is 0 Å². The Kier molecular flexibility index (Phi) is 1.69. The molecule has 2 fully saturated rings. The lowest BCUT2D eigenvalue weighted by Crippen LogP contribution is -2.44. The standard InChI is InChI=1S/C18H29BN2O2/c1-14-13-15(21-11-9-20(6)10-12-21)7-8-16(14)19-22-17(2,3)18(4,5)23-19/h7-8,13H,9-12H2,1-6H3/i1D3,6D3,9D2,10D2,11D2,12D2. The number of hydrogen-bond acceptors (Lipinski definition) is 4. The Bertz CT molecular complexity index is 1030. The highest BCUT2D eigenvalue weighted by molar-refractivity contribution is 6.62. The molecule has 0 aromatic heterocycles. The SMILES string of the molecule is [2H]C([2H])([2H])c1cc(N2C([2H])([2H])C([2H])([2H])N(C([2H])([2H])[2H])C([2H])([2H])C2([2H])[2H])ccc1B1OC(C)(C)C(C)(C)O1. The lowest BCUT2D eigenvalue weighted by Gasteiger charge is -2.34. The van der Waals surface area contributed by atoms with Gasteiger partial charge in [0.15, 0.2) is 0 Å². The van der Waals surface area contributed by atoms with Crippen molar-refractivity contribution in [2.75, 3.05) is 37.9 Å². The lowest BCUT2D eigenvalue weighted by atomic mass is 9.76. The molecule has 2 aliphatic heterocycles. The molecule has 2 saturated heterocycles. The first-order chi connectivity index (χ1) is 16.1. The number of benzene rings is 1. The molecule has 3 rings (SSSR count). The van der Waals surface area contributed by atoms with Crippen molar-refractivity contribution in [1.29, 1.82) is 0 Å². The zero-order valence-electron chi connectivity index (χ0n) is 27.5. The van der Waals surface area contributed by atoms with Crippen LogP contribution in [0.2, 0.25) is 0 Å². The average molecular weight is 330 g/mol. The van der Waals surface area contributed by atoms with Crippen molar-refractivity contribution >= 4 is 18.3 Å². The first kappa shape index (κ1) is 6.70.